The first-order valence-corrected chi connectivity index (χ1v) is 5.79. The first-order valence-electron chi connectivity index (χ1n) is 3.24. The quantitative estimate of drug-likeness (QED) is 0.582. The largest absolute Gasteiger partial charge is 0.395 e. The summed E-state index contributed by atoms with van der Waals surface area (Å²) in [5.41, 5.74) is 5.48. The molecule has 0 heterocycles. The lowest BCUT2D eigenvalue weighted by Crippen LogP contribution is -2.27. The summed E-state index contributed by atoms with van der Waals surface area (Å²) >= 11 is 3.64. The molecule has 4 heteroatoms. The highest BCUT2D eigenvalue weighted by atomic mass is 32.2. The van der Waals surface area contributed by atoms with Gasteiger partial charge in [-0.15, -0.1) is 0 Å². The predicted octanol–water partition coefficient (Wildman–Crippen LogP) is 0.402. The molecule has 1 atom stereocenters. The van der Waals surface area contributed by atoms with Gasteiger partial charge in [0, 0.05) is 23.3 Å². The average Bonchev–Trinajstić information content (AvgIpc) is 1.98. The normalized spacial score (nSPS) is 13.5. The van der Waals surface area contributed by atoms with Gasteiger partial charge in [0.2, 0.25) is 0 Å². The highest BCUT2D eigenvalue weighted by Gasteiger charge is 1.98. The van der Waals surface area contributed by atoms with Gasteiger partial charge in [0.25, 0.3) is 0 Å². The van der Waals surface area contributed by atoms with Crippen molar-refractivity contribution in [3.63, 3.8) is 0 Å². The number of nitrogens with two attached hydrogens (primary N) is 1. The van der Waals surface area contributed by atoms with Crippen molar-refractivity contribution in [3.8, 4) is 0 Å². The molecule has 2 nitrogen and oxygen atoms in total. The van der Waals surface area contributed by atoms with Gasteiger partial charge in [-0.2, -0.15) is 23.5 Å². The molecule has 0 radical (unpaired) electrons. The van der Waals surface area contributed by atoms with Crippen LogP contribution in [0.5, 0.6) is 0 Å². The molecule has 0 aliphatic heterocycles. The van der Waals surface area contributed by atoms with Crippen molar-refractivity contribution in [2.75, 3.05) is 30.1 Å². The molecule has 3 N–H and O–H groups in total. The second-order valence-electron chi connectivity index (χ2n) is 2.01. The Morgan fingerprint density at radius 1 is 1.50 bits per heavy atom. The van der Waals surface area contributed by atoms with E-state index >= 15 is 0 Å². The summed E-state index contributed by atoms with van der Waals surface area (Å²) in [6.45, 7) is 0.103. The summed E-state index contributed by atoms with van der Waals surface area (Å²) in [5.74, 6) is 3.18. The zero-order chi connectivity index (χ0) is 7.82. The van der Waals surface area contributed by atoms with Crippen LogP contribution in [0.15, 0.2) is 0 Å². The SMILES string of the molecule is CSCCSCC(N)CO. The van der Waals surface area contributed by atoms with Crippen LogP contribution in [-0.4, -0.2) is 41.3 Å². The van der Waals surface area contributed by atoms with E-state index in [2.05, 4.69) is 6.26 Å². The molecule has 62 valence electrons. The van der Waals surface area contributed by atoms with Crippen LogP contribution >= 0.6 is 23.5 Å². The number of hydrogen-bond acceptors (Lipinski definition) is 4. The minimum absolute atomic E-state index is 0.0353. The first-order chi connectivity index (χ1) is 4.81. The zero-order valence-corrected chi connectivity index (χ0v) is 7.88. The van der Waals surface area contributed by atoms with Gasteiger partial charge in [-0.25, -0.2) is 0 Å². The molecule has 0 spiro atoms. The fraction of sp³-hybridized carbons (Fsp3) is 1.00. The van der Waals surface area contributed by atoms with E-state index in [0.717, 1.165) is 11.5 Å². The third-order valence-corrected chi connectivity index (χ3v) is 3.03. The van der Waals surface area contributed by atoms with Crippen molar-refractivity contribution < 1.29 is 5.11 Å². The van der Waals surface area contributed by atoms with Gasteiger partial charge in [0.15, 0.2) is 0 Å². The summed E-state index contributed by atoms with van der Waals surface area (Å²) in [6, 6.07) is -0.0353. The van der Waals surface area contributed by atoms with Crippen molar-refractivity contribution in [2.45, 2.75) is 6.04 Å². The highest BCUT2D eigenvalue weighted by molar-refractivity contribution is 8.02. The molecule has 0 saturated heterocycles. The number of aliphatic hydroxyl groups is 1. The van der Waals surface area contributed by atoms with Gasteiger partial charge in [-0.05, 0) is 6.26 Å². The van der Waals surface area contributed by atoms with E-state index in [1.165, 1.54) is 5.75 Å². The molecule has 0 aromatic rings. The molecule has 0 aromatic carbocycles. The number of aliphatic hydroxyl groups excluding tert-OH is 1. The summed E-state index contributed by atoms with van der Waals surface area (Å²) in [6.07, 6.45) is 2.09. The van der Waals surface area contributed by atoms with Crippen molar-refractivity contribution in [1.82, 2.24) is 0 Å². The molecule has 0 aromatic heterocycles. The van der Waals surface area contributed by atoms with Gasteiger partial charge in [-0.1, -0.05) is 0 Å². The number of rotatable bonds is 6. The Bertz CT molecular complexity index is 72.8. The Morgan fingerprint density at radius 3 is 2.70 bits per heavy atom. The van der Waals surface area contributed by atoms with E-state index in [-0.39, 0.29) is 12.6 Å². The van der Waals surface area contributed by atoms with Gasteiger partial charge in [0.05, 0.1) is 6.61 Å². The molecule has 10 heavy (non-hydrogen) atoms. The molecule has 0 rings (SSSR count). The molecule has 0 aliphatic rings. The molecular weight excluding hydrogens is 166 g/mol. The molecule has 0 bridgehead atoms. The average molecular weight is 181 g/mol. The second-order valence-corrected chi connectivity index (χ2v) is 4.15. The minimum atomic E-state index is -0.0353. The topological polar surface area (TPSA) is 46.2 Å². The molecule has 0 amide bonds. The predicted molar refractivity (Wildman–Crippen MR) is 50.8 cm³/mol. The van der Waals surface area contributed by atoms with Gasteiger partial charge in [0.1, 0.15) is 0 Å². The van der Waals surface area contributed by atoms with E-state index in [9.17, 15) is 0 Å². The van der Waals surface area contributed by atoms with Crippen molar-refractivity contribution >= 4 is 23.5 Å². The third kappa shape index (κ3) is 6.74. The molecule has 0 aliphatic carbocycles. The van der Waals surface area contributed by atoms with E-state index in [4.69, 9.17) is 10.8 Å². The number of hydrogen-bond donors (Lipinski definition) is 2. The monoisotopic (exact) mass is 181 g/mol. The van der Waals surface area contributed by atoms with Crippen molar-refractivity contribution in [2.24, 2.45) is 5.73 Å². The van der Waals surface area contributed by atoms with Gasteiger partial charge < -0.3 is 10.8 Å². The maximum absolute atomic E-state index is 8.55. The lowest BCUT2D eigenvalue weighted by atomic mass is 10.4. The van der Waals surface area contributed by atoms with E-state index < -0.39 is 0 Å². The van der Waals surface area contributed by atoms with Crippen LogP contribution in [0.3, 0.4) is 0 Å². The fourth-order valence-corrected chi connectivity index (χ4v) is 2.14. The molecule has 0 saturated carbocycles. The van der Waals surface area contributed by atoms with Gasteiger partial charge in [-0.3, -0.25) is 0 Å². The highest BCUT2D eigenvalue weighted by Crippen LogP contribution is 2.04. The molecule has 1 unspecified atom stereocenters. The Morgan fingerprint density at radius 2 is 2.20 bits per heavy atom. The second kappa shape index (κ2) is 7.72. The Balaban J connectivity index is 2.89. The summed E-state index contributed by atoms with van der Waals surface area (Å²) < 4.78 is 0. The van der Waals surface area contributed by atoms with E-state index in [1.54, 1.807) is 11.8 Å². The fourth-order valence-electron chi connectivity index (χ4n) is 0.430. The summed E-state index contributed by atoms with van der Waals surface area (Å²) in [7, 11) is 0. The van der Waals surface area contributed by atoms with Crippen LogP contribution < -0.4 is 5.73 Å². The van der Waals surface area contributed by atoms with E-state index in [1.807, 2.05) is 11.8 Å². The van der Waals surface area contributed by atoms with Crippen LogP contribution in [0.4, 0.5) is 0 Å². The van der Waals surface area contributed by atoms with E-state index in [0.29, 0.717) is 0 Å². The van der Waals surface area contributed by atoms with Crippen molar-refractivity contribution in [3.05, 3.63) is 0 Å². The molecule has 0 fully saturated rings. The number of thioether (sulfide) groups is 2. The smallest absolute Gasteiger partial charge is 0.0590 e. The molecular formula is C6H15NOS2. The van der Waals surface area contributed by atoms with Crippen LogP contribution in [0, 0.1) is 0 Å². The zero-order valence-electron chi connectivity index (χ0n) is 6.25. The van der Waals surface area contributed by atoms with Crippen LogP contribution in [0.25, 0.3) is 0 Å². The summed E-state index contributed by atoms with van der Waals surface area (Å²) in [4.78, 5) is 0. The van der Waals surface area contributed by atoms with Gasteiger partial charge >= 0.3 is 0 Å². The summed E-state index contributed by atoms with van der Waals surface area (Å²) in [5, 5.41) is 8.55. The van der Waals surface area contributed by atoms with Crippen LogP contribution in [0.1, 0.15) is 0 Å². The Labute approximate surface area is 70.9 Å². The van der Waals surface area contributed by atoms with Crippen LogP contribution in [-0.2, 0) is 0 Å². The lowest BCUT2D eigenvalue weighted by Gasteiger charge is -2.05. The minimum Gasteiger partial charge on any atom is -0.395 e. The van der Waals surface area contributed by atoms with Crippen LogP contribution in [0.2, 0.25) is 0 Å². The maximum atomic E-state index is 8.55. The maximum Gasteiger partial charge on any atom is 0.0590 e. The van der Waals surface area contributed by atoms with Crippen molar-refractivity contribution in [1.29, 1.82) is 0 Å². The standard InChI is InChI=1S/C6H15NOS2/c1-9-2-3-10-5-6(7)4-8/h6,8H,2-5,7H2,1H3. The lowest BCUT2D eigenvalue weighted by molar-refractivity contribution is 0.275. The Kier molecular flexibility index (Phi) is 8.20. The Hall–Kier alpha value is 0.620. The third-order valence-electron chi connectivity index (χ3n) is 0.998. The first kappa shape index (κ1) is 10.6.